The minimum atomic E-state index is -2.49. The summed E-state index contributed by atoms with van der Waals surface area (Å²) in [7, 11) is -2.49. The number of phenolic OH excluding ortho intramolecular Hbond substituents is 1. The predicted molar refractivity (Wildman–Crippen MR) is 56.6 cm³/mol. The smallest absolute Gasteiger partial charge is 0.316 e. The van der Waals surface area contributed by atoms with Crippen molar-refractivity contribution in [3.8, 4) is 5.75 Å². The van der Waals surface area contributed by atoms with Crippen molar-refractivity contribution in [1.29, 1.82) is 0 Å². The van der Waals surface area contributed by atoms with Crippen LogP contribution in [0, 0.1) is 0 Å². The molecule has 0 aromatic heterocycles. The standard InChI is InChI=1S/C10H7NO3S/c12-10-6-2-3-7-8(10)4-1-5-9(7)11-15(13)14/h1-6,12H. The molecule has 0 atom stereocenters. The second-order valence-corrected chi connectivity index (χ2v) is 3.57. The van der Waals surface area contributed by atoms with Crippen LogP contribution in [-0.2, 0) is 10.5 Å². The first-order chi connectivity index (χ1) is 7.18. The van der Waals surface area contributed by atoms with Crippen molar-refractivity contribution in [2.45, 2.75) is 0 Å². The van der Waals surface area contributed by atoms with Crippen LogP contribution >= 0.6 is 0 Å². The molecule has 4 nitrogen and oxygen atoms in total. The van der Waals surface area contributed by atoms with Crippen LogP contribution in [0.2, 0.25) is 0 Å². The Balaban J connectivity index is 2.88. The van der Waals surface area contributed by atoms with Gasteiger partial charge in [-0.2, -0.15) is 8.42 Å². The number of nitrogens with zero attached hydrogens (tertiary/aromatic N) is 1. The van der Waals surface area contributed by atoms with Gasteiger partial charge in [-0.3, -0.25) is 0 Å². The fourth-order valence-corrected chi connectivity index (χ4v) is 1.76. The number of fused-ring (bicyclic) bond motifs is 1. The minimum Gasteiger partial charge on any atom is -0.507 e. The van der Waals surface area contributed by atoms with E-state index in [1.165, 1.54) is 0 Å². The molecule has 0 spiro atoms. The first-order valence-electron chi connectivity index (χ1n) is 4.20. The molecule has 0 radical (unpaired) electrons. The van der Waals surface area contributed by atoms with E-state index in [1.54, 1.807) is 36.4 Å². The lowest BCUT2D eigenvalue weighted by atomic mass is 10.1. The molecule has 0 fully saturated rings. The quantitative estimate of drug-likeness (QED) is 0.803. The summed E-state index contributed by atoms with van der Waals surface area (Å²) in [5, 5.41) is 10.7. The van der Waals surface area contributed by atoms with Crippen molar-refractivity contribution in [3.63, 3.8) is 0 Å². The van der Waals surface area contributed by atoms with Gasteiger partial charge in [0.25, 0.3) is 0 Å². The van der Waals surface area contributed by atoms with E-state index in [-0.39, 0.29) is 5.75 Å². The maximum Gasteiger partial charge on any atom is 0.316 e. The van der Waals surface area contributed by atoms with E-state index < -0.39 is 10.5 Å². The second kappa shape index (κ2) is 3.70. The Morgan fingerprint density at radius 1 is 1.00 bits per heavy atom. The largest absolute Gasteiger partial charge is 0.507 e. The maximum absolute atomic E-state index is 10.5. The van der Waals surface area contributed by atoms with Crippen molar-refractivity contribution >= 4 is 27.0 Å². The third-order valence-electron chi connectivity index (χ3n) is 2.05. The van der Waals surface area contributed by atoms with Gasteiger partial charge in [0.1, 0.15) is 5.75 Å². The van der Waals surface area contributed by atoms with Crippen molar-refractivity contribution in [1.82, 2.24) is 0 Å². The summed E-state index contributed by atoms with van der Waals surface area (Å²) in [6.07, 6.45) is 0. The van der Waals surface area contributed by atoms with E-state index in [1.807, 2.05) is 0 Å². The van der Waals surface area contributed by atoms with E-state index >= 15 is 0 Å². The number of hydrogen-bond acceptors (Lipinski definition) is 4. The van der Waals surface area contributed by atoms with E-state index in [0.717, 1.165) is 0 Å². The zero-order valence-electron chi connectivity index (χ0n) is 7.58. The molecule has 0 amide bonds. The van der Waals surface area contributed by atoms with Gasteiger partial charge >= 0.3 is 10.5 Å². The Kier molecular flexibility index (Phi) is 2.39. The van der Waals surface area contributed by atoms with E-state index in [0.29, 0.717) is 16.5 Å². The van der Waals surface area contributed by atoms with Crippen LogP contribution in [0.25, 0.3) is 10.8 Å². The molecule has 0 aliphatic rings. The lowest BCUT2D eigenvalue weighted by Gasteiger charge is -2.01. The molecule has 5 heteroatoms. The molecule has 0 heterocycles. The van der Waals surface area contributed by atoms with Crippen LogP contribution in [-0.4, -0.2) is 13.5 Å². The van der Waals surface area contributed by atoms with Crippen molar-refractivity contribution < 1.29 is 13.5 Å². The lowest BCUT2D eigenvalue weighted by Crippen LogP contribution is -1.74. The Labute approximate surface area is 87.5 Å². The average Bonchev–Trinajstić information content (AvgIpc) is 2.19. The zero-order valence-corrected chi connectivity index (χ0v) is 8.40. The predicted octanol–water partition coefficient (Wildman–Crippen LogP) is 2.24. The van der Waals surface area contributed by atoms with Crippen LogP contribution in [0.3, 0.4) is 0 Å². The summed E-state index contributed by atoms with van der Waals surface area (Å²) < 4.78 is 24.4. The first-order valence-corrected chi connectivity index (χ1v) is 5.23. The minimum absolute atomic E-state index is 0.112. The summed E-state index contributed by atoms with van der Waals surface area (Å²) in [4.78, 5) is 0. The highest BCUT2D eigenvalue weighted by atomic mass is 32.2. The van der Waals surface area contributed by atoms with Gasteiger partial charge < -0.3 is 5.11 Å². The molecule has 0 aliphatic heterocycles. The Morgan fingerprint density at radius 3 is 2.40 bits per heavy atom. The van der Waals surface area contributed by atoms with E-state index in [2.05, 4.69) is 4.36 Å². The van der Waals surface area contributed by atoms with E-state index in [9.17, 15) is 13.5 Å². The topological polar surface area (TPSA) is 66.7 Å². The van der Waals surface area contributed by atoms with Gasteiger partial charge in [0, 0.05) is 10.8 Å². The molecule has 2 aromatic carbocycles. The zero-order chi connectivity index (χ0) is 10.8. The van der Waals surface area contributed by atoms with Gasteiger partial charge in [-0.25, -0.2) is 0 Å². The highest BCUT2D eigenvalue weighted by Crippen LogP contribution is 2.31. The SMILES string of the molecule is O=S(=O)=Nc1cccc2c(O)cccc12. The van der Waals surface area contributed by atoms with Gasteiger partial charge in [-0.15, -0.1) is 4.36 Å². The molecule has 0 bridgehead atoms. The molecule has 2 rings (SSSR count). The van der Waals surface area contributed by atoms with Gasteiger partial charge in [-0.1, -0.05) is 24.3 Å². The highest BCUT2D eigenvalue weighted by Gasteiger charge is 2.02. The summed E-state index contributed by atoms with van der Waals surface area (Å²) >= 11 is 0. The van der Waals surface area contributed by atoms with Crippen LogP contribution in [0.1, 0.15) is 0 Å². The van der Waals surface area contributed by atoms with Crippen molar-refractivity contribution in [2.24, 2.45) is 4.36 Å². The van der Waals surface area contributed by atoms with Crippen LogP contribution in [0.15, 0.2) is 40.8 Å². The number of phenols is 1. The average molecular weight is 221 g/mol. The van der Waals surface area contributed by atoms with Crippen molar-refractivity contribution in [3.05, 3.63) is 36.4 Å². The molecule has 1 N–H and O–H groups in total. The Bertz CT molecular complexity index is 639. The van der Waals surface area contributed by atoms with Gasteiger partial charge in [0.2, 0.25) is 0 Å². The third kappa shape index (κ3) is 1.82. The molecule has 0 aliphatic carbocycles. The van der Waals surface area contributed by atoms with Crippen LogP contribution in [0.5, 0.6) is 5.75 Å². The summed E-state index contributed by atoms with van der Waals surface area (Å²) in [5.41, 5.74) is 0.330. The fraction of sp³-hybridized carbons (Fsp3) is 0. The summed E-state index contributed by atoms with van der Waals surface area (Å²) in [5.74, 6) is 0.112. The van der Waals surface area contributed by atoms with Crippen LogP contribution < -0.4 is 0 Å². The number of rotatable bonds is 1. The van der Waals surface area contributed by atoms with Gasteiger partial charge in [-0.05, 0) is 12.1 Å². The lowest BCUT2D eigenvalue weighted by molar-refractivity contribution is 0.481. The Hall–Kier alpha value is -1.88. The highest BCUT2D eigenvalue weighted by molar-refractivity contribution is 7.61. The maximum atomic E-state index is 10.5. The summed E-state index contributed by atoms with van der Waals surface area (Å²) in [6, 6.07) is 9.83. The van der Waals surface area contributed by atoms with Crippen LogP contribution in [0.4, 0.5) is 5.69 Å². The Morgan fingerprint density at radius 2 is 1.67 bits per heavy atom. The molecule has 2 aromatic rings. The van der Waals surface area contributed by atoms with Gasteiger partial charge in [0.15, 0.2) is 0 Å². The molecule has 0 saturated carbocycles. The molecule has 76 valence electrons. The van der Waals surface area contributed by atoms with E-state index in [4.69, 9.17) is 0 Å². The third-order valence-corrected chi connectivity index (χ3v) is 2.39. The van der Waals surface area contributed by atoms with Crippen molar-refractivity contribution in [2.75, 3.05) is 0 Å². The molecular formula is C10H7NO3S. The summed E-state index contributed by atoms with van der Waals surface area (Å²) in [6.45, 7) is 0. The van der Waals surface area contributed by atoms with Gasteiger partial charge in [0.05, 0.1) is 5.69 Å². The molecule has 0 saturated heterocycles. The number of benzene rings is 2. The first kappa shape index (κ1) is 9.67. The molecule has 15 heavy (non-hydrogen) atoms. The fourth-order valence-electron chi connectivity index (χ4n) is 1.44. The number of hydrogen-bond donors (Lipinski definition) is 1. The number of aromatic hydroxyl groups is 1. The molecule has 0 unspecified atom stereocenters. The molecular weight excluding hydrogens is 214 g/mol. The monoisotopic (exact) mass is 221 g/mol. The normalized spacial score (nSPS) is 10.1. The second-order valence-electron chi connectivity index (χ2n) is 2.96.